The molecule has 1 fully saturated rings. The van der Waals surface area contributed by atoms with E-state index in [9.17, 15) is 4.79 Å². The normalized spacial score (nSPS) is 20.9. The first-order chi connectivity index (χ1) is 11.6. The highest BCUT2D eigenvalue weighted by Gasteiger charge is 2.32. The van der Waals surface area contributed by atoms with Gasteiger partial charge in [0.25, 0.3) is 5.91 Å². The zero-order chi connectivity index (χ0) is 17.1. The maximum atomic E-state index is 12.9. The van der Waals surface area contributed by atoms with E-state index in [-0.39, 0.29) is 11.9 Å². The highest BCUT2D eigenvalue weighted by atomic mass is 32.1. The van der Waals surface area contributed by atoms with E-state index < -0.39 is 0 Å². The van der Waals surface area contributed by atoms with Gasteiger partial charge in [-0.3, -0.25) is 4.79 Å². The quantitative estimate of drug-likeness (QED) is 0.925. The molecule has 1 aromatic heterocycles. The van der Waals surface area contributed by atoms with Gasteiger partial charge in [0.2, 0.25) is 0 Å². The summed E-state index contributed by atoms with van der Waals surface area (Å²) in [6, 6.07) is 7.82. The molecule has 1 saturated heterocycles. The molecule has 1 aromatic carbocycles. The van der Waals surface area contributed by atoms with Crippen LogP contribution in [0.25, 0.3) is 10.6 Å². The monoisotopic (exact) mass is 345 g/mol. The number of nitrogens with two attached hydrogens (primary N) is 1. The van der Waals surface area contributed by atoms with E-state index in [1.54, 1.807) is 7.11 Å². The molecule has 6 heteroatoms. The number of nitrogens with zero attached hydrogens (tertiary/aromatic N) is 2. The topological polar surface area (TPSA) is 68.5 Å². The number of thiazole rings is 1. The fraction of sp³-hybridized carbons (Fsp3) is 0.444. The molecule has 1 amide bonds. The van der Waals surface area contributed by atoms with Crippen LogP contribution < -0.4 is 10.5 Å². The van der Waals surface area contributed by atoms with Gasteiger partial charge in [0, 0.05) is 30.1 Å². The highest BCUT2D eigenvalue weighted by molar-refractivity contribution is 7.13. The number of ether oxygens (including phenoxy) is 1. The largest absolute Gasteiger partial charge is 0.497 e. The lowest BCUT2D eigenvalue weighted by Gasteiger charge is -2.39. The minimum atomic E-state index is -0.00647. The van der Waals surface area contributed by atoms with Crippen molar-refractivity contribution < 1.29 is 9.53 Å². The first kappa shape index (κ1) is 16.9. The second-order valence-corrected chi connectivity index (χ2v) is 7.05. The van der Waals surface area contributed by atoms with Crippen molar-refractivity contribution in [3.63, 3.8) is 0 Å². The number of likely N-dealkylation sites (tertiary alicyclic amines) is 1. The lowest BCUT2D eigenvalue weighted by Crippen LogP contribution is -2.51. The Morgan fingerprint density at radius 3 is 2.83 bits per heavy atom. The van der Waals surface area contributed by atoms with Gasteiger partial charge in [-0.25, -0.2) is 4.98 Å². The number of hydrogen-bond donors (Lipinski definition) is 1. The zero-order valence-electron chi connectivity index (χ0n) is 14.1. The molecular weight excluding hydrogens is 322 g/mol. The van der Waals surface area contributed by atoms with Gasteiger partial charge in [0.05, 0.1) is 7.11 Å². The van der Waals surface area contributed by atoms with Crippen LogP contribution in [0, 0.1) is 5.92 Å². The second-order valence-electron chi connectivity index (χ2n) is 6.19. The number of rotatable bonds is 4. The summed E-state index contributed by atoms with van der Waals surface area (Å²) in [5.74, 6) is 1.24. The Morgan fingerprint density at radius 2 is 2.17 bits per heavy atom. The van der Waals surface area contributed by atoms with E-state index in [0.717, 1.165) is 35.7 Å². The van der Waals surface area contributed by atoms with Gasteiger partial charge in [0.1, 0.15) is 16.5 Å². The number of benzene rings is 1. The predicted octanol–water partition coefficient (Wildman–Crippen LogP) is 3.02. The molecule has 128 valence electrons. The lowest BCUT2D eigenvalue weighted by molar-refractivity contribution is 0.0527. The van der Waals surface area contributed by atoms with Crippen molar-refractivity contribution in [3.8, 4) is 16.3 Å². The summed E-state index contributed by atoms with van der Waals surface area (Å²) in [6.07, 6.45) is 2.15. The van der Waals surface area contributed by atoms with Crippen LogP contribution in [-0.2, 0) is 0 Å². The van der Waals surface area contributed by atoms with Gasteiger partial charge in [-0.2, -0.15) is 0 Å². The van der Waals surface area contributed by atoms with Crippen LogP contribution in [0.2, 0.25) is 0 Å². The van der Waals surface area contributed by atoms with Crippen LogP contribution in [-0.4, -0.2) is 42.0 Å². The highest BCUT2D eigenvalue weighted by Crippen LogP contribution is 2.28. The van der Waals surface area contributed by atoms with E-state index in [4.69, 9.17) is 10.5 Å². The Kier molecular flexibility index (Phi) is 5.16. The number of methoxy groups -OCH3 is 1. The molecule has 1 aliphatic heterocycles. The van der Waals surface area contributed by atoms with Crippen LogP contribution >= 0.6 is 11.3 Å². The van der Waals surface area contributed by atoms with Crippen molar-refractivity contribution in [2.24, 2.45) is 11.7 Å². The van der Waals surface area contributed by atoms with Crippen LogP contribution in [0.15, 0.2) is 29.6 Å². The average molecular weight is 345 g/mol. The van der Waals surface area contributed by atoms with E-state index in [1.165, 1.54) is 11.3 Å². The summed E-state index contributed by atoms with van der Waals surface area (Å²) in [4.78, 5) is 19.3. The number of aromatic nitrogens is 1. The van der Waals surface area contributed by atoms with E-state index in [2.05, 4.69) is 11.9 Å². The summed E-state index contributed by atoms with van der Waals surface area (Å²) in [7, 11) is 1.64. The minimum Gasteiger partial charge on any atom is -0.497 e. The summed E-state index contributed by atoms with van der Waals surface area (Å²) in [6.45, 7) is 3.43. The maximum absolute atomic E-state index is 12.9. The van der Waals surface area contributed by atoms with Crippen molar-refractivity contribution in [2.75, 3.05) is 20.2 Å². The molecular formula is C18H23N3O2S. The van der Waals surface area contributed by atoms with Crippen molar-refractivity contribution in [1.29, 1.82) is 0 Å². The zero-order valence-corrected chi connectivity index (χ0v) is 14.9. The van der Waals surface area contributed by atoms with Crippen LogP contribution in [0.4, 0.5) is 0 Å². The predicted molar refractivity (Wildman–Crippen MR) is 96.4 cm³/mol. The molecule has 24 heavy (non-hydrogen) atoms. The van der Waals surface area contributed by atoms with Gasteiger partial charge in [-0.05, 0) is 43.0 Å². The Bertz CT molecular complexity index is 699. The van der Waals surface area contributed by atoms with Crippen molar-refractivity contribution in [3.05, 3.63) is 35.3 Å². The molecule has 3 rings (SSSR count). The number of piperidine rings is 1. The molecule has 0 radical (unpaired) electrons. The maximum Gasteiger partial charge on any atom is 0.273 e. The van der Waals surface area contributed by atoms with Crippen LogP contribution in [0.1, 0.15) is 30.3 Å². The van der Waals surface area contributed by atoms with Gasteiger partial charge in [0.15, 0.2) is 0 Å². The SMILES string of the molecule is COc1ccc(-c2nc(C(=O)N3CCC[C@@H](C)[C@H]3CN)cs2)cc1. The smallest absolute Gasteiger partial charge is 0.273 e. The standard InChI is InChI=1S/C18H23N3O2S/c1-12-4-3-9-21(16(12)10-19)18(22)15-11-24-17(20-15)13-5-7-14(23-2)8-6-13/h5-8,11-12,16H,3-4,9-10,19H2,1-2H3/t12-,16-/m1/s1. The molecule has 0 bridgehead atoms. The third-order valence-corrected chi connectivity index (χ3v) is 5.57. The summed E-state index contributed by atoms with van der Waals surface area (Å²) >= 11 is 1.49. The number of hydrogen-bond acceptors (Lipinski definition) is 5. The first-order valence-electron chi connectivity index (χ1n) is 8.25. The van der Waals surface area contributed by atoms with Crippen LogP contribution in [0.5, 0.6) is 5.75 Å². The lowest BCUT2D eigenvalue weighted by atomic mass is 9.90. The van der Waals surface area contributed by atoms with Gasteiger partial charge in [-0.15, -0.1) is 11.3 Å². The molecule has 2 heterocycles. The van der Waals surface area contributed by atoms with Gasteiger partial charge in [-0.1, -0.05) is 6.92 Å². The molecule has 0 spiro atoms. The Morgan fingerprint density at radius 1 is 1.42 bits per heavy atom. The molecule has 0 aliphatic carbocycles. The van der Waals surface area contributed by atoms with Gasteiger partial charge >= 0.3 is 0 Å². The Balaban J connectivity index is 1.80. The fourth-order valence-electron chi connectivity index (χ4n) is 3.25. The minimum absolute atomic E-state index is 0.00647. The Labute approximate surface area is 146 Å². The number of carbonyl (C=O) groups is 1. The molecule has 5 nitrogen and oxygen atoms in total. The second kappa shape index (κ2) is 7.32. The summed E-state index contributed by atoms with van der Waals surface area (Å²) < 4.78 is 5.17. The van der Waals surface area contributed by atoms with Gasteiger partial charge < -0.3 is 15.4 Å². The molecule has 2 atom stereocenters. The van der Waals surface area contributed by atoms with Crippen molar-refractivity contribution in [1.82, 2.24) is 9.88 Å². The number of amides is 1. The molecule has 1 aliphatic rings. The summed E-state index contributed by atoms with van der Waals surface area (Å²) in [5.41, 5.74) is 7.40. The van der Waals surface area contributed by atoms with Crippen molar-refractivity contribution in [2.45, 2.75) is 25.8 Å². The average Bonchev–Trinajstić information content (AvgIpc) is 3.11. The molecule has 2 N–H and O–H groups in total. The van der Waals surface area contributed by atoms with E-state index >= 15 is 0 Å². The fourth-order valence-corrected chi connectivity index (χ4v) is 4.05. The van der Waals surface area contributed by atoms with Crippen molar-refractivity contribution >= 4 is 17.2 Å². The third kappa shape index (κ3) is 3.30. The molecule has 2 aromatic rings. The third-order valence-electron chi connectivity index (χ3n) is 4.68. The first-order valence-corrected chi connectivity index (χ1v) is 9.13. The molecule has 0 unspecified atom stereocenters. The van der Waals surface area contributed by atoms with Crippen LogP contribution in [0.3, 0.4) is 0 Å². The van der Waals surface area contributed by atoms with E-state index in [0.29, 0.717) is 18.2 Å². The number of carbonyl (C=O) groups excluding carboxylic acids is 1. The van der Waals surface area contributed by atoms with E-state index in [1.807, 2.05) is 34.5 Å². The molecule has 0 saturated carbocycles. The Hall–Kier alpha value is -1.92. The summed E-state index contributed by atoms with van der Waals surface area (Å²) in [5, 5.41) is 2.68.